The highest BCUT2D eigenvalue weighted by atomic mass is 32.2. The molecule has 1 aromatic carbocycles. The Morgan fingerprint density at radius 2 is 1.91 bits per heavy atom. The predicted octanol–water partition coefficient (Wildman–Crippen LogP) is 3.38. The van der Waals surface area contributed by atoms with Crippen molar-refractivity contribution < 1.29 is 22.7 Å². The number of hydrogen-bond donors (Lipinski definition) is 1. The van der Waals surface area contributed by atoms with E-state index in [1.165, 1.54) is 24.3 Å². The number of piperidine rings is 1. The number of ether oxygens (including phenoxy) is 1. The van der Waals surface area contributed by atoms with Crippen molar-refractivity contribution in [2.75, 3.05) is 26.2 Å². The highest BCUT2D eigenvalue weighted by Crippen LogP contribution is 2.22. The van der Waals surface area contributed by atoms with Gasteiger partial charge in [0.15, 0.2) is 0 Å². The molecule has 1 heterocycles. The first-order valence-electron chi connectivity index (χ1n) is 11.6. The third-order valence-corrected chi connectivity index (χ3v) is 6.93. The lowest BCUT2D eigenvalue weighted by molar-refractivity contribution is 0.0124. The second-order valence-electron chi connectivity index (χ2n) is 9.82. The Balaban J connectivity index is 2.04. The maximum atomic E-state index is 13.1. The van der Waals surface area contributed by atoms with E-state index >= 15 is 0 Å². The highest BCUT2D eigenvalue weighted by molar-refractivity contribution is 7.89. The second kappa shape index (κ2) is 11.7. The van der Waals surface area contributed by atoms with Crippen LogP contribution in [-0.4, -0.2) is 68.0 Å². The molecule has 188 valence electrons. The van der Waals surface area contributed by atoms with Gasteiger partial charge in [-0.1, -0.05) is 0 Å². The van der Waals surface area contributed by atoms with Crippen molar-refractivity contribution in [3.63, 3.8) is 0 Å². The van der Waals surface area contributed by atoms with E-state index < -0.39 is 15.6 Å². The number of carbonyl (C=O) groups excluding carboxylic acids is 2. The molecule has 0 aliphatic carbocycles. The van der Waals surface area contributed by atoms with Gasteiger partial charge < -0.3 is 14.5 Å². The van der Waals surface area contributed by atoms with Crippen LogP contribution in [0.4, 0.5) is 4.79 Å². The molecule has 2 amide bonds. The molecule has 0 saturated carbocycles. The standard InChI is InChI=1S/C24H36N4O5S/c1-18(2)28(23(30)33-24(3,4)5)17-19-8-6-15-27(16-19)22(29)20-9-11-21(12-10-20)34(31,32)26-14-7-13-25/h9-12,18-19,26H,6-8,14-17H2,1-5H3/t19-/m0/s1. The normalized spacial score (nSPS) is 16.7. The Labute approximate surface area is 203 Å². The predicted molar refractivity (Wildman–Crippen MR) is 129 cm³/mol. The fraction of sp³-hybridized carbons (Fsp3) is 0.625. The topological polar surface area (TPSA) is 120 Å². The number of nitriles is 1. The lowest BCUT2D eigenvalue weighted by atomic mass is 9.96. The van der Waals surface area contributed by atoms with Crippen molar-refractivity contribution >= 4 is 22.0 Å². The molecule has 1 saturated heterocycles. The zero-order chi connectivity index (χ0) is 25.5. The molecule has 1 fully saturated rings. The van der Waals surface area contributed by atoms with Gasteiger partial charge in [0.2, 0.25) is 10.0 Å². The Morgan fingerprint density at radius 1 is 1.26 bits per heavy atom. The molecule has 0 aromatic heterocycles. The number of nitrogens with zero attached hydrogens (tertiary/aromatic N) is 3. The third-order valence-electron chi connectivity index (χ3n) is 5.45. The zero-order valence-corrected chi connectivity index (χ0v) is 21.5. The van der Waals surface area contributed by atoms with Crippen LogP contribution in [0.1, 0.15) is 64.2 Å². The molecule has 1 aromatic rings. The van der Waals surface area contributed by atoms with Crippen molar-refractivity contribution in [1.82, 2.24) is 14.5 Å². The molecular formula is C24H36N4O5S. The minimum absolute atomic E-state index is 0.0304. The minimum atomic E-state index is -3.73. The number of amides is 2. The molecule has 2 rings (SSSR count). The quantitative estimate of drug-likeness (QED) is 0.556. The number of hydrogen-bond acceptors (Lipinski definition) is 6. The van der Waals surface area contributed by atoms with Crippen LogP contribution in [0.25, 0.3) is 0 Å². The van der Waals surface area contributed by atoms with Crippen LogP contribution in [0, 0.1) is 17.2 Å². The molecule has 0 bridgehead atoms. The van der Waals surface area contributed by atoms with E-state index in [4.69, 9.17) is 10.00 Å². The smallest absolute Gasteiger partial charge is 0.410 e. The summed E-state index contributed by atoms with van der Waals surface area (Å²) in [6.07, 6.45) is 1.45. The average Bonchev–Trinajstić information content (AvgIpc) is 2.76. The summed E-state index contributed by atoms with van der Waals surface area (Å²) in [6, 6.07) is 7.66. The summed E-state index contributed by atoms with van der Waals surface area (Å²) in [7, 11) is -3.73. The van der Waals surface area contributed by atoms with Crippen molar-refractivity contribution in [2.24, 2.45) is 5.92 Å². The first-order valence-corrected chi connectivity index (χ1v) is 13.1. The zero-order valence-electron chi connectivity index (χ0n) is 20.7. The number of nitrogens with one attached hydrogen (secondary N) is 1. The monoisotopic (exact) mass is 492 g/mol. The summed E-state index contributed by atoms with van der Waals surface area (Å²) < 4.78 is 32.5. The van der Waals surface area contributed by atoms with Crippen LogP contribution >= 0.6 is 0 Å². The Hall–Kier alpha value is -2.64. The summed E-state index contributed by atoms with van der Waals surface area (Å²) in [5, 5.41) is 8.57. The number of carbonyl (C=O) groups is 2. The van der Waals surface area contributed by atoms with Crippen LogP contribution < -0.4 is 4.72 Å². The molecule has 34 heavy (non-hydrogen) atoms. The van der Waals surface area contributed by atoms with E-state index in [0.29, 0.717) is 25.2 Å². The van der Waals surface area contributed by atoms with E-state index in [9.17, 15) is 18.0 Å². The van der Waals surface area contributed by atoms with E-state index in [-0.39, 0.29) is 41.8 Å². The fourth-order valence-electron chi connectivity index (χ4n) is 3.78. The van der Waals surface area contributed by atoms with Gasteiger partial charge >= 0.3 is 6.09 Å². The van der Waals surface area contributed by atoms with Gasteiger partial charge in [0, 0.05) is 44.2 Å². The van der Waals surface area contributed by atoms with Crippen LogP contribution in [0.15, 0.2) is 29.2 Å². The molecule has 1 atom stereocenters. The van der Waals surface area contributed by atoms with Gasteiger partial charge in [-0.25, -0.2) is 17.9 Å². The van der Waals surface area contributed by atoms with Gasteiger partial charge in [-0.2, -0.15) is 5.26 Å². The number of rotatable bonds is 8. The Morgan fingerprint density at radius 3 is 2.47 bits per heavy atom. The lowest BCUT2D eigenvalue weighted by Crippen LogP contribution is -2.48. The Bertz CT molecular complexity index is 994. The van der Waals surface area contributed by atoms with Crippen molar-refractivity contribution in [2.45, 2.75) is 70.4 Å². The summed E-state index contributed by atoms with van der Waals surface area (Å²) in [6.45, 7) is 11.1. The number of benzene rings is 1. The van der Waals surface area contributed by atoms with E-state index in [1.807, 2.05) is 40.7 Å². The maximum Gasteiger partial charge on any atom is 0.410 e. The van der Waals surface area contributed by atoms with Gasteiger partial charge in [-0.3, -0.25) is 4.79 Å². The molecule has 1 N–H and O–H groups in total. The van der Waals surface area contributed by atoms with Crippen LogP contribution in [-0.2, 0) is 14.8 Å². The molecule has 10 heteroatoms. The summed E-state index contributed by atoms with van der Waals surface area (Å²) in [4.78, 5) is 29.3. The van der Waals surface area contributed by atoms with Crippen molar-refractivity contribution in [3.05, 3.63) is 29.8 Å². The molecule has 9 nitrogen and oxygen atoms in total. The summed E-state index contributed by atoms with van der Waals surface area (Å²) >= 11 is 0. The first-order chi connectivity index (χ1) is 15.8. The molecule has 0 spiro atoms. The Kier molecular flexibility index (Phi) is 9.47. The highest BCUT2D eigenvalue weighted by Gasteiger charge is 2.30. The minimum Gasteiger partial charge on any atom is -0.444 e. The number of sulfonamides is 1. The fourth-order valence-corrected chi connectivity index (χ4v) is 4.81. The van der Waals surface area contributed by atoms with E-state index in [2.05, 4.69) is 4.72 Å². The summed E-state index contributed by atoms with van der Waals surface area (Å²) in [5.41, 5.74) is -0.173. The van der Waals surface area contributed by atoms with Crippen LogP contribution in [0.3, 0.4) is 0 Å². The van der Waals surface area contributed by atoms with Gasteiger partial charge in [0.25, 0.3) is 5.91 Å². The third kappa shape index (κ3) is 7.99. The molecular weight excluding hydrogens is 456 g/mol. The second-order valence-corrected chi connectivity index (χ2v) is 11.6. The van der Waals surface area contributed by atoms with Crippen molar-refractivity contribution in [3.8, 4) is 6.07 Å². The lowest BCUT2D eigenvalue weighted by Gasteiger charge is -2.37. The van der Waals surface area contributed by atoms with Crippen molar-refractivity contribution in [1.29, 1.82) is 5.26 Å². The largest absolute Gasteiger partial charge is 0.444 e. The SMILES string of the molecule is CC(C)N(C[C@H]1CCCN(C(=O)c2ccc(S(=O)(=O)NCCC#N)cc2)C1)C(=O)OC(C)(C)C. The molecule has 1 aliphatic heterocycles. The van der Waals surface area contributed by atoms with E-state index in [1.54, 1.807) is 9.80 Å². The van der Waals surface area contributed by atoms with Gasteiger partial charge in [0.1, 0.15) is 5.60 Å². The maximum absolute atomic E-state index is 13.1. The molecule has 0 radical (unpaired) electrons. The molecule has 1 aliphatic rings. The average molecular weight is 493 g/mol. The number of likely N-dealkylation sites (tertiary alicyclic amines) is 1. The van der Waals surface area contributed by atoms with Gasteiger partial charge in [-0.05, 0) is 77.6 Å². The molecule has 0 unspecified atom stereocenters. The van der Waals surface area contributed by atoms with Gasteiger partial charge in [-0.15, -0.1) is 0 Å². The van der Waals surface area contributed by atoms with Crippen LogP contribution in [0.5, 0.6) is 0 Å². The van der Waals surface area contributed by atoms with E-state index in [0.717, 1.165) is 12.8 Å². The van der Waals surface area contributed by atoms with Crippen LogP contribution in [0.2, 0.25) is 0 Å². The first kappa shape index (κ1) is 27.6. The summed E-state index contributed by atoms with van der Waals surface area (Å²) in [5.74, 6) is -0.0453. The van der Waals surface area contributed by atoms with Gasteiger partial charge in [0.05, 0.1) is 11.0 Å².